The fraction of sp³-hybridized carbons (Fsp3) is 1.00. The van der Waals surface area contributed by atoms with Crippen molar-refractivity contribution in [3.8, 4) is 0 Å². The normalized spacial score (nSPS) is 31.5. The van der Waals surface area contributed by atoms with E-state index in [1.165, 1.54) is 25.8 Å². The Bertz CT molecular complexity index is 204. The lowest BCUT2D eigenvalue weighted by atomic mass is 9.96. The summed E-state index contributed by atoms with van der Waals surface area (Å²) >= 11 is 0. The third kappa shape index (κ3) is 3.76. The Kier molecular flexibility index (Phi) is 4.85. The number of rotatable bonds is 6. The van der Waals surface area contributed by atoms with Crippen molar-refractivity contribution < 1.29 is 0 Å². The summed E-state index contributed by atoms with van der Waals surface area (Å²) in [5.41, 5.74) is 0.270. The smallest absolute Gasteiger partial charge is 0.00966 e. The van der Waals surface area contributed by atoms with E-state index in [1.54, 1.807) is 0 Å². The van der Waals surface area contributed by atoms with Crippen LogP contribution in [0, 0.1) is 23.7 Å². The second-order valence-corrected chi connectivity index (χ2v) is 6.69. The van der Waals surface area contributed by atoms with Gasteiger partial charge in [0.2, 0.25) is 0 Å². The fourth-order valence-corrected chi connectivity index (χ4v) is 3.14. The summed E-state index contributed by atoms with van der Waals surface area (Å²) in [7, 11) is 0. The van der Waals surface area contributed by atoms with Gasteiger partial charge in [0.15, 0.2) is 0 Å². The third-order valence-electron chi connectivity index (χ3n) is 4.22. The molecule has 1 heteroatoms. The Morgan fingerprint density at radius 3 is 2.25 bits per heavy atom. The number of nitrogens with one attached hydrogen (secondary N) is 1. The fourth-order valence-electron chi connectivity index (χ4n) is 3.14. The van der Waals surface area contributed by atoms with Gasteiger partial charge in [-0.1, -0.05) is 40.0 Å². The molecule has 0 heterocycles. The highest BCUT2D eigenvalue weighted by molar-refractivity contribution is 4.98. The maximum atomic E-state index is 3.68. The van der Waals surface area contributed by atoms with Crippen molar-refractivity contribution in [2.75, 3.05) is 6.54 Å². The summed E-state index contributed by atoms with van der Waals surface area (Å²) in [6.07, 6.45) is 4.13. The molecule has 1 aliphatic carbocycles. The summed E-state index contributed by atoms with van der Waals surface area (Å²) in [6, 6.07) is 0. The Hall–Kier alpha value is -0.0400. The highest BCUT2D eigenvalue weighted by Crippen LogP contribution is 2.53. The van der Waals surface area contributed by atoms with E-state index in [2.05, 4.69) is 46.9 Å². The van der Waals surface area contributed by atoms with Crippen LogP contribution in [0.1, 0.15) is 60.8 Å². The second kappa shape index (κ2) is 5.53. The summed E-state index contributed by atoms with van der Waals surface area (Å²) in [6.45, 7) is 15.1. The van der Waals surface area contributed by atoms with Gasteiger partial charge in [0.25, 0.3) is 0 Å². The lowest BCUT2D eigenvalue weighted by Gasteiger charge is -2.25. The highest BCUT2D eigenvalue weighted by Gasteiger charge is 2.48. The minimum absolute atomic E-state index is 0.270. The molecule has 0 aromatic carbocycles. The first-order chi connectivity index (χ1) is 7.40. The van der Waals surface area contributed by atoms with Crippen LogP contribution in [0.3, 0.4) is 0 Å². The zero-order chi connectivity index (χ0) is 12.3. The molecule has 4 unspecified atom stereocenters. The summed E-state index contributed by atoms with van der Waals surface area (Å²) in [5.74, 6) is 3.90. The third-order valence-corrected chi connectivity index (χ3v) is 4.22. The Morgan fingerprint density at radius 2 is 1.81 bits per heavy atom. The molecule has 16 heavy (non-hydrogen) atoms. The van der Waals surface area contributed by atoms with E-state index < -0.39 is 0 Å². The van der Waals surface area contributed by atoms with E-state index >= 15 is 0 Å². The molecule has 1 N–H and O–H groups in total. The van der Waals surface area contributed by atoms with Crippen LogP contribution >= 0.6 is 0 Å². The van der Waals surface area contributed by atoms with Crippen LogP contribution in [0.25, 0.3) is 0 Å². The molecule has 1 aliphatic rings. The molecular weight excluding hydrogens is 194 g/mol. The molecule has 1 saturated carbocycles. The molecule has 96 valence electrons. The van der Waals surface area contributed by atoms with E-state index in [1.807, 2.05) is 0 Å². The van der Waals surface area contributed by atoms with E-state index in [0.29, 0.717) is 0 Å². The van der Waals surface area contributed by atoms with Crippen molar-refractivity contribution in [2.24, 2.45) is 23.7 Å². The molecule has 0 saturated heterocycles. The van der Waals surface area contributed by atoms with Gasteiger partial charge in [-0.05, 0) is 51.0 Å². The van der Waals surface area contributed by atoms with Crippen LogP contribution in [-0.4, -0.2) is 12.1 Å². The minimum Gasteiger partial charge on any atom is -0.312 e. The lowest BCUT2D eigenvalue weighted by Crippen LogP contribution is -2.39. The van der Waals surface area contributed by atoms with Gasteiger partial charge in [-0.3, -0.25) is 0 Å². The molecule has 0 bridgehead atoms. The minimum atomic E-state index is 0.270. The van der Waals surface area contributed by atoms with Gasteiger partial charge in [-0.2, -0.15) is 0 Å². The topological polar surface area (TPSA) is 12.0 Å². The van der Waals surface area contributed by atoms with Crippen molar-refractivity contribution in [1.29, 1.82) is 0 Å². The van der Waals surface area contributed by atoms with E-state index in [9.17, 15) is 0 Å². The van der Waals surface area contributed by atoms with Crippen LogP contribution in [0.5, 0.6) is 0 Å². The van der Waals surface area contributed by atoms with Crippen molar-refractivity contribution >= 4 is 0 Å². The maximum Gasteiger partial charge on any atom is 0.00966 e. The van der Waals surface area contributed by atoms with Gasteiger partial charge in [0, 0.05) is 5.54 Å². The van der Waals surface area contributed by atoms with Crippen molar-refractivity contribution in [2.45, 2.75) is 66.3 Å². The molecule has 1 nitrogen and oxygen atoms in total. The average molecular weight is 225 g/mol. The van der Waals surface area contributed by atoms with Gasteiger partial charge >= 0.3 is 0 Å². The monoisotopic (exact) mass is 225 g/mol. The van der Waals surface area contributed by atoms with Crippen LogP contribution in [-0.2, 0) is 0 Å². The van der Waals surface area contributed by atoms with Crippen molar-refractivity contribution in [1.82, 2.24) is 5.32 Å². The zero-order valence-electron chi connectivity index (χ0n) is 12.1. The molecule has 0 aliphatic heterocycles. The molecule has 0 aromatic rings. The van der Waals surface area contributed by atoms with Crippen LogP contribution in [0.15, 0.2) is 0 Å². The molecule has 1 rings (SSSR count). The van der Waals surface area contributed by atoms with E-state index in [0.717, 1.165) is 23.7 Å². The summed E-state index contributed by atoms with van der Waals surface area (Å²) in [5, 5.41) is 3.68. The molecule has 4 atom stereocenters. The van der Waals surface area contributed by atoms with E-state index in [-0.39, 0.29) is 5.54 Å². The first-order valence-electron chi connectivity index (χ1n) is 7.15. The van der Waals surface area contributed by atoms with Gasteiger partial charge in [-0.25, -0.2) is 0 Å². The van der Waals surface area contributed by atoms with Crippen LogP contribution < -0.4 is 5.32 Å². The first-order valence-corrected chi connectivity index (χ1v) is 7.15. The average Bonchev–Trinajstić information content (AvgIpc) is 2.78. The molecule has 0 spiro atoms. The Balaban J connectivity index is 2.38. The lowest BCUT2D eigenvalue weighted by molar-refractivity contribution is 0.325. The van der Waals surface area contributed by atoms with Crippen molar-refractivity contribution in [3.63, 3.8) is 0 Å². The van der Waals surface area contributed by atoms with Gasteiger partial charge in [-0.15, -0.1) is 0 Å². The predicted octanol–water partition coefficient (Wildman–Crippen LogP) is 4.08. The molecular formula is C15H31N. The zero-order valence-corrected chi connectivity index (χ0v) is 12.1. The molecule has 0 radical (unpaired) electrons. The number of hydrogen-bond acceptors (Lipinski definition) is 1. The Labute approximate surface area is 102 Å². The van der Waals surface area contributed by atoms with E-state index in [4.69, 9.17) is 0 Å². The van der Waals surface area contributed by atoms with Gasteiger partial charge in [0.05, 0.1) is 0 Å². The number of hydrogen-bond donors (Lipinski definition) is 1. The van der Waals surface area contributed by atoms with Crippen LogP contribution in [0.2, 0.25) is 0 Å². The first kappa shape index (κ1) is 14.0. The largest absolute Gasteiger partial charge is 0.312 e. The standard InChI is InChI=1S/C15H31N/c1-7-9-13-11(3)14(13)12(8-2)10-16-15(4,5)6/h11-14,16H,7-10H2,1-6H3. The van der Waals surface area contributed by atoms with Crippen LogP contribution in [0.4, 0.5) is 0 Å². The molecule has 1 fully saturated rings. The predicted molar refractivity (Wildman–Crippen MR) is 72.6 cm³/mol. The summed E-state index contributed by atoms with van der Waals surface area (Å²) in [4.78, 5) is 0. The van der Waals surface area contributed by atoms with Crippen molar-refractivity contribution in [3.05, 3.63) is 0 Å². The van der Waals surface area contributed by atoms with Gasteiger partial charge < -0.3 is 5.32 Å². The molecule has 0 amide bonds. The quantitative estimate of drug-likeness (QED) is 0.718. The highest BCUT2D eigenvalue weighted by atomic mass is 14.9. The summed E-state index contributed by atoms with van der Waals surface area (Å²) < 4.78 is 0. The van der Waals surface area contributed by atoms with Gasteiger partial charge in [0.1, 0.15) is 0 Å². The maximum absolute atomic E-state index is 3.68. The second-order valence-electron chi connectivity index (χ2n) is 6.69. The Morgan fingerprint density at radius 1 is 1.19 bits per heavy atom. The SMILES string of the molecule is CCCC1C(C)C1C(CC)CNC(C)(C)C. The molecule has 0 aromatic heterocycles.